The summed E-state index contributed by atoms with van der Waals surface area (Å²) in [5.74, 6) is 0.808. The SMILES string of the molecule is O=C(OCC(O)CN1CCOCC1)C1CC2C=CC1C2. The van der Waals surface area contributed by atoms with Crippen LogP contribution in [-0.4, -0.2) is 61.5 Å². The van der Waals surface area contributed by atoms with Crippen LogP contribution >= 0.6 is 0 Å². The van der Waals surface area contributed by atoms with E-state index in [9.17, 15) is 9.90 Å². The molecular formula is C15H23NO4. The highest BCUT2D eigenvalue weighted by Crippen LogP contribution is 2.43. The molecule has 0 spiro atoms. The van der Waals surface area contributed by atoms with Crippen LogP contribution in [0.2, 0.25) is 0 Å². The first-order valence-corrected chi connectivity index (χ1v) is 7.55. The van der Waals surface area contributed by atoms with E-state index < -0.39 is 6.10 Å². The molecule has 1 saturated carbocycles. The largest absolute Gasteiger partial charge is 0.463 e. The molecule has 2 aliphatic carbocycles. The van der Waals surface area contributed by atoms with E-state index in [2.05, 4.69) is 17.1 Å². The minimum atomic E-state index is -0.605. The van der Waals surface area contributed by atoms with Crippen LogP contribution in [0.1, 0.15) is 12.8 Å². The summed E-state index contributed by atoms with van der Waals surface area (Å²) in [6, 6.07) is 0. The van der Waals surface area contributed by atoms with Gasteiger partial charge < -0.3 is 14.6 Å². The van der Waals surface area contributed by atoms with Crippen LogP contribution in [0.4, 0.5) is 0 Å². The van der Waals surface area contributed by atoms with Crippen molar-refractivity contribution in [2.24, 2.45) is 17.8 Å². The standard InChI is InChI=1S/C15H23NO4/c17-13(9-16-3-5-19-6-4-16)10-20-15(18)14-8-11-1-2-12(14)7-11/h1-2,11-14,17H,3-10H2. The van der Waals surface area contributed by atoms with Crippen molar-refractivity contribution in [3.8, 4) is 0 Å². The second kappa shape index (κ2) is 6.24. The van der Waals surface area contributed by atoms with Crippen molar-refractivity contribution in [1.82, 2.24) is 4.90 Å². The van der Waals surface area contributed by atoms with Crippen molar-refractivity contribution in [3.05, 3.63) is 12.2 Å². The maximum absolute atomic E-state index is 12.0. The zero-order valence-corrected chi connectivity index (χ0v) is 11.7. The summed E-state index contributed by atoms with van der Waals surface area (Å²) in [6.45, 7) is 3.75. The number of carbonyl (C=O) groups excluding carboxylic acids is 1. The maximum Gasteiger partial charge on any atom is 0.309 e. The number of hydrogen-bond acceptors (Lipinski definition) is 5. The molecule has 2 fully saturated rings. The number of β-amino-alcohol motifs (C(OH)–C–C–N with tert-alkyl or cyclic N) is 1. The fourth-order valence-electron chi connectivity index (χ4n) is 3.47. The molecule has 1 aliphatic heterocycles. The minimum absolute atomic E-state index is 0.0144. The van der Waals surface area contributed by atoms with Crippen molar-refractivity contribution in [3.63, 3.8) is 0 Å². The number of allylic oxidation sites excluding steroid dienone is 2. The van der Waals surface area contributed by atoms with Gasteiger partial charge in [-0.3, -0.25) is 9.69 Å². The Labute approximate surface area is 119 Å². The average Bonchev–Trinajstić information content (AvgIpc) is 3.08. The normalized spacial score (nSPS) is 34.4. The third-order valence-corrected chi connectivity index (χ3v) is 4.57. The van der Waals surface area contributed by atoms with Gasteiger partial charge in [-0.25, -0.2) is 0 Å². The van der Waals surface area contributed by atoms with E-state index in [1.807, 2.05) is 0 Å². The Bertz CT molecular complexity index is 378. The van der Waals surface area contributed by atoms with Crippen molar-refractivity contribution in [2.45, 2.75) is 18.9 Å². The Hall–Kier alpha value is -0.910. The summed E-state index contributed by atoms with van der Waals surface area (Å²) < 4.78 is 10.6. The van der Waals surface area contributed by atoms with Gasteiger partial charge in [-0.2, -0.15) is 0 Å². The Balaban J connectivity index is 1.38. The molecule has 20 heavy (non-hydrogen) atoms. The summed E-state index contributed by atoms with van der Waals surface area (Å²) in [7, 11) is 0. The van der Waals surface area contributed by atoms with Gasteiger partial charge in [0.15, 0.2) is 0 Å². The number of aliphatic hydroxyl groups is 1. The van der Waals surface area contributed by atoms with Gasteiger partial charge in [0.25, 0.3) is 0 Å². The van der Waals surface area contributed by atoms with Crippen molar-refractivity contribution >= 4 is 5.97 Å². The molecular weight excluding hydrogens is 258 g/mol. The van der Waals surface area contributed by atoms with Gasteiger partial charge in [0.1, 0.15) is 12.7 Å². The van der Waals surface area contributed by atoms with E-state index >= 15 is 0 Å². The lowest BCUT2D eigenvalue weighted by Gasteiger charge is -2.28. The first-order valence-electron chi connectivity index (χ1n) is 7.55. The van der Waals surface area contributed by atoms with Crippen molar-refractivity contribution in [1.29, 1.82) is 0 Å². The fraction of sp³-hybridized carbons (Fsp3) is 0.800. The lowest BCUT2D eigenvalue weighted by atomic mass is 9.94. The van der Waals surface area contributed by atoms with Gasteiger partial charge in [-0.1, -0.05) is 12.2 Å². The number of ether oxygens (including phenoxy) is 2. The Morgan fingerprint density at radius 2 is 2.15 bits per heavy atom. The first kappa shape index (κ1) is 14.0. The minimum Gasteiger partial charge on any atom is -0.463 e. The molecule has 0 aromatic heterocycles. The smallest absolute Gasteiger partial charge is 0.309 e. The number of morpholine rings is 1. The molecule has 0 aromatic carbocycles. The van der Waals surface area contributed by atoms with Gasteiger partial charge >= 0.3 is 5.97 Å². The monoisotopic (exact) mass is 281 g/mol. The molecule has 5 nitrogen and oxygen atoms in total. The number of hydrogen-bond donors (Lipinski definition) is 1. The highest BCUT2D eigenvalue weighted by atomic mass is 16.5. The van der Waals surface area contributed by atoms with E-state index in [1.165, 1.54) is 0 Å². The molecule has 4 atom stereocenters. The highest BCUT2D eigenvalue weighted by molar-refractivity contribution is 5.74. The Morgan fingerprint density at radius 3 is 2.80 bits per heavy atom. The van der Waals surface area contributed by atoms with E-state index in [-0.39, 0.29) is 18.5 Å². The molecule has 1 N–H and O–H groups in total. The average molecular weight is 281 g/mol. The lowest BCUT2D eigenvalue weighted by molar-refractivity contribution is -0.153. The van der Waals surface area contributed by atoms with Gasteiger partial charge in [0.2, 0.25) is 0 Å². The number of rotatable bonds is 5. The second-order valence-electron chi connectivity index (χ2n) is 6.08. The highest BCUT2D eigenvalue weighted by Gasteiger charge is 2.40. The molecule has 2 bridgehead atoms. The molecule has 4 unspecified atom stereocenters. The van der Waals surface area contributed by atoms with Crippen LogP contribution in [0.3, 0.4) is 0 Å². The van der Waals surface area contributed by atoms with Crippen LogP contribution in [0.15, 0.2) is 12.2 Å². The number of esters is 1. The Kier molecular flexibility index (Phi) is 4.38. The van der Waals surface area contributed by atoms with E-state index in [0.717, 1.165) is 25.9 Å². The third-order valence-electron chi connectivity index (χ3n) is 4.57. The Morgan fingerprint density at radius 1 is 1.35 bits per heavy atom. The molecule has 1 heterocycles. The summed E-state index contributed by atoms with van der Waals surface area (Å²) in [5.41, 5.74) is 0. The fourth-order valence-corrected chi connectivity index (χ4v) is 3.47. The summed E-state index contributed by atoms with van der Waals surface area (Å²) in [6.07, 6.45) is 5.76. The first-order chi connectivity index (χ1) is 9.72. The molecule has 3 aliphatic rings. The second-order valence-corrected chi connectivity index (χ2v) is 6.08. The van der Waals surface area contributed by atoms with E-state index in [1.54, 1.807) is 0 Å². The summed E-state index contributed by atoms with van der Waals surface area (Å²) in [4.78, 5) is 14.2. The number of fused-ring (bicyclic) bond motifs is 2. The maximum atomic E-state index is 12.0. The van der Waals surface area contributed by atoms with Crippen LogP contribution in [0.5, 0.6) is 0 Å². The summed E-state index contributed by atoms with van der Waals surface area (Å²) in [5, 5.41) is 9.95. The molecule has 5 heteroatoms. The molecule has 0 amide bonds. The van der Waals surface area contributed by atoms with Gasteiger partial charge in [0, 0.05) is 19.6 Å². The quantitative estimate of drug-likeness (QED) is 0.585. The molecule has 0 radical (unpaired) electrons. The lowest BCUT2D eigenvalue weighted by Crippen LogP contribution is -2.42. The third kappa shape index (κ3) is 3.22. The van der Waals surface area contributed by atoms with E-state index in [0.29, 0.717) is 31.6 Å². The molecule has 1 saturated heterocycles. The topological polar surface area (TPSA) is 59.0 Å². The predicted molar refractivity (Wildman–Crippen MR) is 73.1 cm³/mol. The zero-order valence-electron chi connectivity index (χ0n) is 11.7. The van der Waals surface area contributed by atoms with Gasteiger partial charge in [-0.15, -0.1) is 0 Å². The van der Waals surface area contributed by atoms with Gasteiger partial charge in [-0.05, 0) is 24.7 Å². The van der Waals surface area contributed by atoms with Crippen LogP contribution < -0.4 is 0 Å². The number of carbonyl (C=O) groups is 1. The molecule has 112 valence electrons. The molecule has 3 rings (SSSR count). The van der Waals surface area contributed by atoms with Crippen molar-refractivity contribution in [2.75, 3.05) is 39.5 Å². The van der Waals surface area contributed by atoms with Crippen LogP contribution in [0.25, 0.3) is 0 Å². The van der Waals surface area contributed by atoms with Crippen molar-refractivity contribution < 1.29 is 19.4 Å². The van der Waals surface area contributed by atoms with Crippen LogP contribution in [0, 0.1) is 17.8 Å². The van der Waals surface area contributed by atoms with Gasteiger partial charge in [0.05, 0.1) is 19.1 Å². The predicted octanol–water partition coefficient (Wildman–Crippen LogP) is 0.435. The number of aliphatic hydroxyl groups excluding tert-OH is 1. The summed E-state index contributed by atoms with van der Waals surface area (Å²) >= 11 is 0. The zero-order chi connectivity index (χ0) is 13.9. The molecule has 0 aromatic rings. The number of nitrogens with zero attached hydrogens (tertiary/aromatic N) is 1. The van der Waals surface area contributed by atoms with Crippen LogP contribution in [-0.2, 0) is 14.3 Å². The van der Waals surface area contributed by atoms with E-state index in [4.69, 9.17) is 9.47 Å².